The molecule has 53 heavy (non-hydrogen) atoms. The van der Waals surface area contributed by atoms with Crippen LogP contribution in [0.3, 0.4) is 0 Å². The Bertz CT molecular complexity index is 2060. The number of thiol groups is 1. The van der Waals surface area contributed by atoms with Crippen LogP contribution < -0.4 is 20.2 Å². The van der Waals surface area contributed by atoms with E-state index in [-0.39, 0.29) is 23.1 Å². The van der Waals surface area contributed by atoms with E-state index in [1.807, 2.05) is 55.6 Å². The fourth-order valence-corrected chi connectivity index (χ4v) is 7.49. The van der Waals surface area contributed by atoms with E-state index in [0.29, 0.717) is 25.3 Å². The van der Waals surface area contributed by atoms with E-state index in [2.05, 4.69) is 64.2 Å². The Kier molecular flexibility index (Phi) is 10.9. The van der Waals surface area contributed by atoms with Crippen molar-refractivity contribution < 1.29 is 14.2 Å². The number of nitrogens with zero attached hydrogens (tertiary/aromatic N) is 8. The third kappa shape index (κ3) is 7.71. The molecule has 2 saturated heterocycles. The van der Waals surface area contributed by atoms with Gasteiger partial charge >= 0.3 is 5.69 Å². The normalized spacial score (nSPS) is 19.4. The van der Waals surface area contributed by atoms with Crippen LogP contribution in [0.1, 0.15) is 49.4 Å². The molecule has 0 aliphatic carbocycles. The van der Waals surface area contributed by atoms with Crippen molar-refractivity contribution in [2.75, 3.05) is 49.2 Å². The second kappa shape index (κ2) is 15.9. The first kappa shape index (κ1) is 36.3. The van der Waals surface area contributed by atoms with Gasteiger partial charge in [-0.05, 0) is 92.1 Å². The summed E-state index contributed by atoms with van der Waals surface area (Å²) in [6, 6.07) is 26.1. The van der Waals surface area contributed by atoms with Gasteiger partial charge in [-0.1, -0.05) is 19.9 Å². The zero-order valence-corrected chi connectivity index (χ0v) is 31.3. The van der Waals surface area contributed by atoms with Gasteiger partial charge in [0.15, 0.2) is 0 Å². The first-order valence-electron chi connectivity index (χ1n) is 18.3. The lowest BCUT2D eigenvalue weighted by molar-refractivity contribution is -0.189. The Morgan fingerprint density at radius 2 is 1.62 bits per heavy atom. The van der Waals surface area contributed by atoms with Gasteiger partial charge in [-0.15, -0.1) is 0 Å². The SMILES string of the molecule is CCC(CC)n1ncn(-c2ccc(N3CCN(c4ccc(OCC(S)[C@H]5CO[C@](Cn6cccn6)(c6ccc(C#N)cc6C)O5)cc4)CC3)cc2)c1=O. The predicted molar refractivity (Wildman–Crippen MR) is 207 cm³/mol. The highest BCUT2D eigenvalue weighted by atomic mass is 32.1. The summed E-state index contributed by atoms with van der Waals surface area (Å²) >= 11 is 4.88. The van der Waals surface area contributed by atoms with Crippen molar-refractivity contribution in [3.63, 3.8) is 0 Å². The molecule has 2 aliphatic heterocycles. The van der Waals surface area contributed by atoms with Crippen LogP contribution in [0.15, 0.2) is 96.3 Å². The molecule has 0 bridgehead atoms. The van der Waals surface area contributed by atoms with E-state index in [1.165, 1.54) is 0 Å². The van der Waals surface area contributed by atoms with Crippen molar-refractivity contribution in [2.24, 2.45) is 0 Å². The smallest absolute Gasteiger partial charge is 0.350 e. The standard InChI is InChI=1S/C40H46N8O4S/c1-4-31(5-2)48-39(49)47(28-43-48)34-10-8-32(9-11-34)44-19-21-45(22-20-44)33-12-14-35(15-13-33)50-26-38(53)37-25-51-40(52-37,27-46-18-6-17-42-46)36-16-7-30(24-41)23-29(36)3/h6-18,23,28,31,37-38,53H,4-5,19-22,25-27H2,1-3H3/t37-,38?,40+/m1/s1. The molecule has 7 rings (SSSR count). The van der Waals surface area contributed by atoms with E-state index in [9.17, 15) is 10.1 Å². The van der Waals surface area contributed by atoms with Crippen molar-refractivity contribution in [3.05, 3.63) is 119 Å². The fraction of sp³-hybridized carbons (Fsp3) is 0.400. The minimum atomic E-state index is -1.07. The molecule has 13 heteroatoms. The van der Waals surface area contributed by atoms with Gasteiger partial charge in [0, 0.05) is 55.5 Å². The average molecular weight is 735 g/mol. The fourth-order valence-electron chi connectivity index (χ4n) is 7.26. The van der Waals surface area contributed by atoms with Gasteiger partial charge in [0.2, 0.25) is 5.79 Å². The zero-order chi connectivity index (χ0) is 37.0. The molecule has 0 radical (unpaired) electrons. The third-order valence-corrected chi connectivity index (χ3v) is 10.8. The lowest BCUT2D eigenvalue weighted by atomic mass is 9.98. The molecule has 1 unspecified atom stereocenters. The maximum absolute atomic E-state index is 13.0. The second-order valence-corrected chi connectivity index (χ2v) is 14.3. The Morgan fingerprint density at radius 3 is 2.23 bits per heavy atom. The molecular weight excluding hydrogens is 689 g/mol. The first-order valence-corrected chi connectivity index (χ1v) is 18.8. The molecule has 0 spiro atoms. The number of anilines is 2. The summed E-state index contributed by atoms with van der Waals surface area (Å²) in [4.78, 5) is 17.7. The molecule has 2 fully saturated rings. The molecule has 12 nitrogen and oxygen atoms in total. The molecule has 3 aromatic carbocycles. The summed E-state index contributed by atoms with van der Waals surface area (Å²) in [7, 11) is 0. The third-order valence-electron chi connectivity index (χ3n) is 10.3. The monoisotopic (exact) mass is 734 g/mol. The molecule has 0 saturated carbocycles. The maximum atomic E-state index is 13.0. The van der Waals surface area contributed by atoms with Gasteiger partial charge < -0.3 is 24.0 Å². The van der Waals surface area contributed by atoms with E-state index in [1.54, 1.807) is 32.5 Å². The second-order valence-electron chi connectivity index (χ2n) is 13.6. The minimum absolute atomic E-state index is 0.0983. The highest BCUT2D eigenvalue weighted by Gasteiger charge is 2.46. The topological polar surface area (TPSA) is 116 Å². The van der Waals surface area contributed by atoms with Crippen LogP contribution in [0.5, 0.6) is 5.75 Å². The quantitative estimate of drug-likeness (QED) is 0.151. The van der Waals surface area contributed by atoms with Gasteiger partial charge in [-0.2, -0.15) is 28.1 Å². The number of aryl methyl sites for hydroxylation is 1. The highest BCUT2D eigenvalue weighted by Crippen LogP contribution is 2.39. The molecule has 4 heterocycles. The van der Waals surface area contributed by atoms with Crippen LogP contribution in [0, 0.1) is 18.3 Å². The number of ether oxygens (including phenoxy) is 3. The summed E-state index contributed by atoms with van der Waals surface area (Å²) in [5.41, 5.74) is 5.37. The van der Waals surface area contributed by atoms with Gasteiger partial charge in [-0.3, -0.25) is 4.68 Å². The van der Waals surface area contributed by atoms with Crippen molar-refractivity contribution in [2.45, 2.75) is 63.3 Å². The molecular formula is C40H46N8O4S. The molecule has 0 N–H and O–H groups in total. The van der Waals surface area contributed by atoms with Gasteiger partial charge in [0.05, 0.1) is 47.9 Å². The number of hydrogen-bond donors (Lipinski definition) is 1. The lowest BCUT2D eigenvalue weighted by Gasteiger charge is -2.37. The summed E-state index contributed by atoms with van der Waals surface area (Å²) in [6.07, 6.45) is 6.65. The van der Waals surface area contributed by atoms with Crippen LogP contribution in [-0.2, 0) is 21.8 Å². The number of rotatable bonds is 13. The molecule has 2 aromatic heterocycles. The summed E-state index contributed by atoms with van der Waals surface area (Å²) in [5, 5.41) is 17.9. The predicted octanol–water partition coefficient (Wildman–Crippen LogP) is 5.74. The van der Waals surface area contributed by atoms with Crippen LogP contribution in [0.4, 0.5) is 11.4 Å². The van der Waals surface area contributed by atoms with Crippen molar-refractivity contribution in [1.29, 1.82) is 5.26 Å². The molecule has 276 valence electrons. The number of hydrogen-bond acceptors (Lipinski definition) is 10. The van der Waals surface area contributed by atoms with Crippen molar-refractivity contribution in [1.82, 2.24) is 24.1 Å². The van der Waals surface area contributed by atoms with Crippen LogP contribution in [0.25, 0.3) is 5.69 Å². The van der Waals surface area contributed by atoms with E-state index < -0.39 is 5.79 Å². The first-order chi connectivity index (χ1) is 25.8. The van der Waals surface area contributed by atoms with E-state index >= 15 is 0 Å². The van der Waals surface area contributed by atoms with Crippen molar-refractivity contribution in [3.8, 4) is 17.5 Å². The maximum Gasteiger partial charge on any atom is 0.350 e. The number of nitriles is 1. The Hall–Kier alpha value is -5.03. The zero-order valence-electron chi connectivity index (χ0n) is 30.4. The number of piperazine rings is 1. The Labute approximate surface area is 315 Å². The van der Waals surface area contributed by atoms with Crippen LogP contribution >= 0.6 is 12.6 Å². The molecule has 0 amide bonds. The van der Waals surface area contributed by atoms with Crippen molar-refractivity contribution >= 4 is 24.0 Å². The number of benzene rings is 3. The minimum Gasteiger partial charge on any atom is -0.492 e. The highest BCUT2D eigenvalue weighted by molar-refractivity contribution is 7.81. The molecule has 5 aromatic rings. The van der Waals surface area contributed by atoms with Crippen LogP contribution in [0.2, 0.25) is 0 Å². The van der Waals surface area contributed by atoms with E-state index in [4.69, 9.17) is 26.8 Å². The number of aromatic nitrogens is 5. The molecule has 2 aliphatic rings. The van der Waals surface area contributed by atoms with E-state index in [0.717, 1.165) is 73.0 Å². The average Bonchev–Trinajstić information content (AvgIpc) is 3.96. The Balaban J connectivity index is 0.917. The lowest BCUT2D eigenvalue weighted by Crippen LogP contribution is -2.46. The van der Waals surface area contributed by atoms with Gasteiger partial charge in [0.25, 0.3) is 0 Å². The van der Waals surface area contributed by atoms with Gasteiger partial charge in [-0.25, -0.2) is 14.0 Å². The summed E-state index contributed by atoms with van der Waals surface area (Å²) in [6.45, 7) is 10.7. The van der Waals surface area contributed by atoms with Crippen LogP contribution in [-0.4, -0.2) is 74.9 Å². The molecule has 3 atom stereocenters. The summed E-state index contributed by atoms with van der Waals surface area (Å²) in [5.74, 6) is -0.302. The van der Waals surface area contributed by atoms with Gasteiger partial charge in [0.1, 0.15) is 18.7 Å². The Morgan fingerprint density at radius 1 is 0.962 bits per heavy atom. The largest absolute Gasteiger partial charge is 0.492 e. The summed E-state index contributed by atoms with van der Waals surface area (Å²) < 4.78 is 24.3.